The molecular weight excluding hydrogens is 564 g/mol. The number of ether oxygens (including phenoxy) is 1. The van der Waals surface area contributed by atoms with Gasteiger partial charge in [-0.3, -0.25) is 15.1 Å². The summed E-state index contributed by atoms with van der Waals surface area (Å²) in [5.74, 6) is -0.0331. The summed E-state index contributed by atoms with van der Waals surface area (Å²) in [6.07, 6.45) is -0.218. The van der Waals surface area contributed by atoms with Crippen LogP contribution in [0.25, 0.3) is 0 Å². The van der Waals surface area contributed by atoms with Gasteiger partial charge in [0.25, 0.3) is 0 Å². The minimum absolute atomic E-state index is 0. The molecule has 2 heterocycles. The van der Waals surface area contributed by atoms with Gasteiger partial charge in [-0.1, -0.05) is 18.2 Å². The molecule has 2 fully saturated rings. The van der Waals surface area contributed by atoms with Crippen molar-refractivity contribution in [1.29, 1.82) is 5.26 Å². The predicted molar refractivity (Wildman–Crippen MR) is 150 cm³/mol. The molecule has 2 atom stereocenters. The molecule has 1 amide bonds. The van der Waals surface area contributed by atoms with E-state index in [1.165, 1.54) is 24.3 Å². The highest BCUT2D eigenvalue weighted by Gasteiger charge is 2.43. The number of rotatable bonds is 7. The van der Waals surface area contributed by atoms with Gasteiger partial charge in [-0.2, -0.15) is 5.26 Å². The second-order valence-corrected chi connectivity index (χ2v) is 10.3. The lowest BCUT2D eigenvalue weighted by Gasteiger charge is -2.30. The zero-order valence-corrected chi connectivity index (χ0v) is 23.4. The van der Waals surface area contributed by atoms with Crippen molar-refractivity contribution < 1.29 is 22.7 Å². The number of nitrogens with one attached hydrogen (secondary N) is 1. The summed E-state index contributed by atoms with van der Waals surface area (Å²) in [5, 5.41) is 12.9. The highest BCUT2D eigenvalue weighted by atomic mass is 35.5. The highest BCUT2D eigenvalue weighted by molar-refractivity contribution is 6.00. The molecule has 0 bridgehead atoms. The van der Waals surface area contributed by atoms with Crippen molar-refractivity contribution in [2.45, 2.75) is 63.0 Å². The quantitative estimate of drug-likeness (QED) is 0.321. The van der Waals surface area contributed by atoms with E-state index in [2.05, 4.69) is 21.1 Å². The van der Waals surface area contributed by atoms with Crippen LogP contribution in [0.1, 0.15) is 67.5 Å². The van der Waals surface area contributed by atoms with Gasteiger partial charge in [-0.25, -0.2) is 0 Å². The largest absolute Gasteiger partial charge is 0.573 e. The Labute approximate surface area is 243 Å². The Morgan fingerprint density at radius 1 is 1.05 bits per heavy atom. The molecule has 5 rings (SSSR count). The van der Waals surface area contributed by atoms with E-state index in [0.29, 0.717) is 23.6 Å². The standard InChI is InChI=1S/C29H27F3N4O2.2ClH/c1-28(2,21-8-13-24(34-17-21)19-6-7-19)35-25-15-26(20-5-3-4-18(14-20)16-33)36(27(25)37)22-9-11-23(12-10-22)38-29(30,31)32;;/h3-5,8-14,17,19,25-26,35H,6-7,15H2,1-2H3;2*1H/t25-,26-;;/m1../s1. The van der Waals surface area contributed by atoms with E-state index < -0.39 is 24.0 Å². The molecule has 1 aromatic heterocycles. The Kier molecular flexibility index (Phi) is 9.40. The fourth-order valence-corrected chi connectivity index (χ4v) is 5.00. The van der Waals surface area contributed by atoms with Crippen LogP contribution in [0.3, 0.4) is 0 Å². The van der Waals surface area contributed by atoms with E-state index in [0.717, 1.165) is 29.7 Å². The number of halogens is 5. The number of hydrogen-bond acceptors (Lipinski definition) is 5. The highest BCUT2D eigenvalue weighted by Crippen LogP contribution is 2.41. The van der Waals surface area contributed by atoms with Crippen LogP contribution in [0, 0.1) is 11.3 Å². The van der Waals surface area contributed by atoms with E-state index in [4.69, 9.17) is 0 Å². The topological polar surface area (TPSA) is 78.3 Å². The summed E-state index contributed by atoms with van der Waals surface area (Å²) in [6.45, 7) is 3.98. The molecule has 0 unspecified atom stereocenters. The van der Waals surface area contributed by atoms with Crippen molar-refractivity contribution in [2.24, 2.45) is 0 Å². The molecule has 1 aliphatic carbocycles. The lowest BCUT2D eigenvalue weighted by Crippen LogP contribution is -2.47. The summed E-state index contributed by atoms with van der Waals surface area (Å²) in [7, 11) is 0. The molecule has 6 nitrogen and oxygen atoms in total. The molecule has 3 aromatic rings. The zero-order valence-electron chi connectivity index (χ0n) is 21.8. The van der Waals surface area contributed by atoms with E-state index in [1.807, 2.05) is 38.2 Å². The van der Waals surface area contributed by atoms with Crippen LogP contribution in [-0.2, 0) is 10.3 Å². The lowest BCUT2D eigenvalue weighted by molar-refractivity contribution is -0.274. The number of carbonyl (C=O) groups is 1. The molecule has 0 radical (unpaired) electrons. The van der Waals surface area contributed by atoms with Gasteiger partial charge in [-0.05, 0) is 86.7 Å². The van der Waals surface area contributed by atoms with Crippen LogP contribution in [-0.4, -0.2) is 23.3 Å². The maximum atomic E-state index is 13.8. The summed E-state index contributed by atoms with van der Waals surface area (Å²) in [4.78, 5) is 20.0. The third kappa shape index (κ3) is 6.87. The average Bonchev–Trinajstić information content (AvgIpc) is 3.69. The van der Waals surface area contributed by atoms with Gasteiger partial charge in [0.2, 0.25) is 5.91 Å². The minimum Gasteiger partial charge on any atom is -0.406 e. The molecule has 11 heteroatoms. The van der Waals surface area contributed by atoms with Crippen LogP contribution in [0.2, 0.25) is 0 Å². The second kappa shape index (κ2) is 12.0. The maximum Gasteiger partial charge on any atom is 0.573 e. The van der Waals surface area contributed by atoms with E-state index in [9.17, 15) is 23.2 Å². The predicted octanol–water partition coefficient (Wildman–Crippen LogP) is 6.94. The fraction of sp³-hybridized carbons (Fsp3) is 0.345. The summed E-state index contributed by atoms with van der Waals surface area (Å²) >= 11 is 0. The van der Waals surface area contributed by atoms with E-state index >= 15 is 0 Å². The Bertz CT molecular complexity index is 1370. The Balaban J connectivity index is 0.00000220. The number of aromatic nitrogens is 1. The maximum absolute atomic E-state index is 13.8. The van der Waals surface area contributed by atoms with Gasteiger partial charge in [0, 0.05) is 29.0 Å². The second-order valence-electron chi connectivity index (χ2n) is 10.3. The molecule has 2 aromatic carbocycles. The molecule has 1 saturated heterocycles. The molecule has 1 saturated carbocycles. The first-order chi connectivity index (χ1) is 18.0. The Hall–Kier alpha value is -3.32. The van der Waals surface area contributed by atoms with Crippen molar-refractivity contribution in [2.75, 3.05) is 4.90 Å². The van der Waals surface area contributed by atoms with Crippen LogP contribution in [0.4, 0.5) is 18.9 Å². The van der Waals surface area contributed by atoms with Crippen LogP contribution >= 0.6 is 24.8 Å². The molecule has 2 aliphatic rings. The first kappa shape index (κ1) is 31.2. The smallest absolute Gasteiger partial charge is 0.406 e. The number of amides is 1. The fourth-order valence-electron chi connectivity index (χ4n) is 5.00. The van der Waals surface area contributed by atoms with Crippen molar-refractivity contribution in [1.82, 2.24) is 10.3 Å². The zero-order chi connectivity index (χ0) is 27.1. The monoisotopic (exact) mass is 592 g/mol. The van der Waals surface area contributed by atoms with E-state index in [1.54, 1.807) is 23.1 Å². The first-order valence-corrected chi connectivity index (χ1v) is 12.5. The number of alkyl halides is 3. The number of benzene rings is 2. The number of nitriles is 1. The third-order valence-electron chi connectivity index (χ3n) is 7.09. The van der Waals surface area contributed by atoms with Crippen molar-refractivity contribution in [3.05, 3.63) is 89.2 Å². The first-order valence-electron chi connectivity index (χ1n) is 12.5. The number of anilines is 1. The molecule has 40 heavy (non-hydrogen) atoms. The Morgan fingerprint density at radius 3 is 2.33 bits per heavy atom. The normalized spacial score (nSPS) is 18.9. The van der Waals surface area contributed by atoms with Gasteiger partial charge in [0.05, 0.1) is 23.7 Å². The van der Waals surface area contributed by atoms with Crippen LogP contribution in [0.15, 0.2) is 66.9 Å². The van der Waals surface area contributed by atoms with Gasteiger partial charge >= 0.3 is 6.36 Å². The lowest BCUT2D eigenvalue weighted by atomic mass is 9.93. The summed E-state index contributed by atoms with van der Waals surface area (Å²) < 4.78 is 41.9. The van der Waals surface area contributed by atoms with E-state index in [-0.39, 0.29) is 36.5 Å². The van der Waals surface area contributed by atoms with Crippen molar-refractivity contribution >= 4 is 36.4 Å². The van der Waals surface area contributed by atoms with Crippen molar-refractivity contribution in [3.63, 3.8) is 0 Å². The van der Waals surface area contributed by atoms with Gasteiger partial charge in [0.15, 0.2) is 0 Å². The number of hydrogen-bond donors (Lipinski definition) is 1. The third-order valence-corrected chi connectivity index (χ3v) is 7.09. The van der Waals surface area contributed by atoms with Crippen LogP contribution < -0.4 is 15.0 Å². The van der Waals surface area contributed by atoms with Crippen LogP contribution in [0.5, 0.6) is 5.75 Å². The van der Waals surface area contributed by atoms with Gasteiger partial charge in [0.1, 0.15) is 5.75 Å². The molecule has 212 valence electrons. The number of nitrogens with zero attached hydrogens (tertiary/aromatic N) is 3. The molecule has 1 N–H and O–H groups in total. The SMILES string of the molecule is CC(C)(N[C@@H]1C[C@H](c2cccc(C#N)c2)N(c2ccc(OC(F)(F)F)cc2)C1=O)c1ccc(C2CC2)nc1.Cl.Cl. The Morgan fingerprint density at radius 2 is 1.75 bits per heavy atom. The van der Waals surface area contributed by atoms with Crippen molar-refractivity contribution in [3.8, 4) is 11.8 Å². The molecule has 1 aliphatic heterocycles. The van der Waals surface area contributed by atoms with Gasteiger partial charge < -0.3 is 9.64 Å². The average molecular weight is 593 g/mol. The molecule has 0 spiro atoms. The summed E-state index contributed by atoms with van der Waals surface area (Å²) in [5.41, 5.74) is 3.13. The summed E-state index contributed by atoms with van der Waals surface area (Å²) in [6, 6.07) is 17.5. The number of carbonyl (C=O) groups excluding carboxylic acids is 1. The van der Waals surface area contributed by atoms with Gasteiger partial charge in [-0.15, -0.1) is 38.0 Å². The number of pyridine rings is 1. The molecular formula is C29H29Cl2F3N4O2. The minimum atomic E-state index is -4.81.